The molecule has 230 valence electrons. The Morgan fingerprint density at radius 3 is 2.34 bits per heavy atom. The molecule has 7 heteroatoms. The number of carbonyl (C=O) groups is 3. The lowest BCUT2D eigenvalue weighted by molar-refractivity contribution is -0.237. The van der Waals surface area contributed by atoms with Crippen LogP contribution in [0.1, 0.15) is 120 Å². The number of carbonyl (C=O) groups excluding carboxylic acids is 3. The molecule has 4 aliphatic carbocycles. The Balaban J connectivity index is 1.57. The smallest absolute Gasteiger partial charge is 0.335 e. The fourth-order valence-electron chi connectivity index (χ4n) is 11.0. The molecular formula is C34H52O7. The van der Waals surface area contributed by atoms with Crippen molar-refractivity contribution in [2.24, 2.45) is 39.4 Å². The second-order valence-electron chi connectivity index (χ2n) is 15.1. The summed E-state index contributed by atoms with van der Waals surface area (Å²) in [6.07, 6.45) is 6.36. The van der Waals surface area contributed by atoms with Crippen LogP contribution in [0, 0.1) is 39.4 Å². The van der Waals surface area contributed by atoms with Crippen molar-refractivity contribution in [3.05, 3.63) is 11.1 Å². The Kier molecular flexibility index (Phi) is 7.74. The van der Waals surface area contributed by atoms with E-state index in [-0.39, 0.29) is 58.6 Å². The predicted molar refractivity (Wildman–Crippen MR) is 154 cm³/mol. The summed E-state index contributed by atoms with van der Waals surface area (Å²) < 4.78 is 18.1. The zero-order chi connectivity index (χ0) is 30.1. The molecule has 1 heterocycles. The van der Waals surface area contributed by atoms with Gasteiger partial charge in [0.15, 0.2) is 0 Å². The van der Waals surface area contributed by atoms with Gasteiger partial charge in [-0.1, -0.05) is 41.0 Å². The third-order valence-corrected chi connectivity index (χ3v) is 13.0. The Morgan fingerprint density at radius 1 is 1.00 bits per heavy atom. The van der Waals surface area contributed by atoms with Gasteiger partial charge in [0.25, 0.3) is 0 Å². The van der Waals surface area contributed by atoms with Gasteiger partial charge in [0, 0.05) is 22.8 Å². The van der Waals surface area contributed by atoms with Crippen molar-refractivity contribution in [1.29, 1.82) is 0 Å². The summed E-state index contributed by atoms with van der Waals surface area (Å²) in [5, 5.41) is 9.97. The highest BCUT2D eigenvalue weighted by Crippen LogP contribution is 2.74. The highest BCUT2D eigenvalue weighted by Gasteiger charge is 2.70. The Labute approximate surface area is 246 Å². The standard InChI is InChI=1S/C34H52O7/c1-9-27(36)40-21(4)31(5)14-10-15-32(6)23(31)13-16-33(7)24-12-11-22-20(3)39-30(38)29(22)34(24,8)26(18-25(32)33)41-28(37)17-19(2)35/h19-21,23-26,35H,9-18H2,1-8H3/t19-,20-,21+,23-,24-,25+,26-,31+,32-,33-,34+/m0/s1. The van der Waals surface area contributed by atoms with E-state index in [1.165, 1.54) is 0 Å². The molecule has 0 radical (unpaired) electrons. The molecule has 0 amide bonds. The number of fused-ring (bicyclic) bond motifs is 6. The van der Waals surface area contributed by atoms with E-state index in [0.717, 1.165) is 56.1 Å². The first-order chi connectivity index (χ1) is 19.1. The van der Waals surface area contributed by atoms with Crippen LogP contribution in [0.5, 0.6) is 0 Å². The summed E-state index contributed by atoms with van der Waals surface area (Å²) in [6.45, 7) is 16.8. The van der Waals surface area contributed by atoms with Crippen LogP contribution in [0.15, 0.2) is 11.1 Å². The molecule has 0 spiro atoms. The van der Waals surface area contributed by atoms with E-state index in [9.17, 15) is 19.5 Å². The zero-order valence-electron chi connectivity index (χ0n) is 26.5. The minimum atomic E-state index is -0.791. The normalized spacial score (nSPS) is 44.9. The van der Waals surface area contributed by atoms with Crippen molar-refractivity contribution in [3.63, 3.8) is 0 Å². The first-order valence-corrected chi connectivity index (χ1v) is 16.1. The van der Waals surface area contributed by atoms with E-state index in [0.29, 0.717) is 18.8 Å². The second-order valence-corrected chi connectivity index (χ2v) is 15.1. The minimum Gasteiger partial charge on any atom is -0.462 e. The zero-order valence-corrected chi connectivity index (χ0v) is 26.5. The number of cyclic esters (lactones) is 1. The highest BCUT2D eigenvalue weighted by atomic mass is 16.6. The lowest BCUT2D eigenvalue weighted by Crippen LogP contribution is -2.67. The third kappa shape index (κ3) is 4.50. The molecule has 1 N–H and O–H groups in total. The quantitative estimate of drug-likeness (QED) is 0.294. The van der Waals surface area contributed by atoms with Crippen LogP contribution in [-0.4, -0.2) is 47.4 Å². The number of esters is 3. The summed E-state index contributed by atoms with van der Waals surface area (Å²) in [5.74, 6) is 0.00309. The van der Waals surface area contributed by atoms with Crippen molar-refractivity contribution in [2.45, 2.75) is 144 Å². The summed E-state index contributed by atoms with van der Waals surface area (Å²) in [7, 11) is 0. The lowest BCUT2D eigenvalue weighted by atomic mass is 9.34. The van der Waals surface area contributed by atoms with Crippen molar-refractivity contribution >= 4 is 17.9 Å². The van der Waals surface area contributed by atoms with Crippen LogP contribution in [0.2, 0.25) is 0 Å². The lowest BCUT2D eigenvalue weighted by Gasteiger charge is -2.70. The Bertz CT molecular complexity index is 1130. The van der Waals surface area contributed by atoms with Crippen LogP contribution >= 0.6 is 0 Å². The molecule has 0 unspecified atom stereocenters. The summed E-state index contributed by atoms with van der Waals surface area (Å²) in [5.41, 5.74) is 0.979. The topological polar surface area (TPSA) is 99.1 Å². The first-order valence-electron chi connectivity index (χ1n) is 16.1. The van der Waals surface area contributed by atoms with E-state index in [4.69, 9.17) is 14.2 Å². The molecule has 0 aromatic carbocycles. The Hall–Kier alpha value is -1.89. The second kappa shape index (κ2) is 10.4. The molecule has 5 rings (SSSR count). The van der Waals surface area contributed by atoms with Crippen LogP contribution in [0.3, 0.4) is 0 Å². The fourth-order valence-corrected chi connectivity index (χ4v) is 11.0. The number of hydrogen-bond donors (Lipinski definition) is 1. The van der Waals surface area contributed by atoms with Gasteiger partial charge in [0.2, 0.25) is 0 Å². The summed E-state index contributed by atoms with van der Waals surface area (Å²) in [6, 6.07) is 0. The van der Waals surface area contributed by atoms with E-state index < -0.39 is 23.6 Å². The third-order valence-electron chi connectivity index (χ3n) is 13.0. The molecule has 3 fully saturated rings. The monoisotopic (exact) mass is 572 g/mol. The molecular weight excluding hydrogens is 520 g/mol. The highest BCUT2D eigenvalue weighted by molar-refractivity contribution is 5.94. The maximum atomic E-state index is 13.4. The van der Waals surface area contributed by atoms with Gasteiger partial charge in [-0.2, -0.15) is 0 Å². The molecule has 0 saturated heterocycles. The molecule has 0 aromatic rings. The predicted octanol–water partition coefficient (Wildman–Crippen LogP) is 6.30. The van der Waals surface area contributed by atoms with Gasteiger partial charge in [0.1, 0.15) is 18.3 Å². The molecule has 41 heavy (non-hydrogen) atoms. The van der Waals surface area contributed by atoms with Gasteiger partial charge in [-0.3, -0.25) is 9.59 Å². The molecule has 5 aliphatic rings. The SMILES string of the molecule is CCC(=O)O[C@H](C)[C@@]1(C)CCC[C@@]2(C)[C@H]1CC[C@]1(C)[C@@H]2C[C@H](OC(=O)C[C@H](C)O)[C@]2(C)C3=C(CC[C@@H]12)[C@H](C)OC3=O. The van der Waals surface area contributed by atoms with Gasteiger partial charge < -0.3 is 19.3 Å². The maximum absolute atomic E-state index is 13.4. The van der Waals surface area contributed by atoms with E-state index in [2.05, 4.69) is 34.6 Å². The largest absolute Gasteiger partial charge is 0.462 e. The Morgan fingerprint density at radius 2 is 1.68 bits per heavy atom. The van der Waals surface area contributed by atoms with Crippen LogP contribution in [0.25, 0.3) is 0 Å². The van der Waals surface area contributed by atoms with Crippen LogP contribution < -0.4 is 0 Å². The van der Waals surface area contributed by atoms with Gasteiger partial charge in [-0.15, -0.1) is 0 Å². The molecule has 7 nitrogen and oxygen atoms in total. The molecule has 0 bridgehead atoms. The molecule has 11 atom stereocenters. The number of ether oxygens (including phenoxy) is 3. The summed E-state index contributed by atoms with van der Waals surface area (Å²) in [4.78, 5) is 38.9. The average molecular weight is 573 g/mol. The maximum Gasteiger partial charge on any atom is 0.335 e. The van der Waals surface area contributed by atoms with Crippen molar-refractivity contribution in [3.8, 4) is 0 Å². The van der Waals surface area contributed by atoms with Crippen molar-refractivity contribution in [1.82, 2.24) is 0 Å². The molecule has 1 aliphatic heterocycles. The number of hydrogen-bond acceptors (Lipinski definition) is 7. The van der Waals surface area contributed by atoms with Gasteiger partial charge in [0.05, 0.1) is 12.5 Å². The minimum absolute atomic E-state index is 0.0265. The van der Waals surface area contributed by atoms with E-state index in [1.54, 1.807) is 6.92 Å². The van der Waals surface area contributed by atoms with Gasteiger partial charge in [-0.05, 0) is 99.9 Å². The number of aliphatic hydroxyl groups excluding tert-OH is 1. The van der Waals surface area contributed by atoms with Crippen LogP contribution in [-0.2, 0) is 28.6 Å². The van der Waals surface area contributed by atoms with Crippen LogP contribution in [0.4, 0.5) is 0 Å². The van der Waals surface area contributed by atoms with E-state index in [1.807, 2.05) is 13.8 Å². The van der Waals surface area contributed by atoms with Gasteiger partial charge >= 0.3 is 17.9 Å². The van der Waals surface area contributed by atoms with Crippen molar-refractivity contribution < 1.29 is 33.7 Å². The summed E-state index contributed by atoms with van der Waals surface area (Å²) >= 11 is 0. The number of aliphatic hydroxyl groups is 1. The average Bonchev–Trinajstić information content (AvgIpc) is 3.18. The van der Waals surface area contributed by atoms with E-state index >= 15 is 0 Å². The first kappa shape index (κ1) is 30.6. The number of rotatable bonds is 6. The fraction of sp³-hybridized carbons (Fsp3) is 0.853. The molecule has 0 aromatic heterocycles. The molecule has 3 saturated carbocycles. The van der Waals surface area contributed by atoms with Crippen molar-refractivity contribution in [2.75, 3.05) is 0 Å². The van der Waals surface area contributed by atoms with Gasteiger partial charge in [-0.25, -0.2) is 4.79 Å².